The number of rotatable bonds is 5. The van der Waals surface area contributed by atoms with Crippen LogP contribution in [0.4, 0.5) is 0 Å². The molecule has 0 bridgehead atoms. The Hall–Kier alpha value is -3.14. The average Bonchev–Trinajstić information content (AvgIpc) is 3.16. The number of carbonyl (C=O) groups is 1. The highest BCUT2D eigenvalue weighted by Crippen LogP contribution is 2.31. The summed E-state index contributed by atoms with van der Waals surface area (Å²) in [6.07, 6.45) is 3.71. The van der Waals surface area contributed by atoms with Gasteiger partial charge in [0.25, 0.3) is 0 Å². The SMILES string of the molecule is C=CCCC(=O)N1CCc2onc(-c3ccc(-c4ccccc4)cc3)c2C1. The van der Waals surface area contributed by atoms with Crippen LogP contribution in [0.25, 0.3) is 22.4 Å². The Labute approximate surface area is 159 Å². The number of benzene rings is 2. The summed E-state index contributed by atoms with van der Waals surface area (Å²) in [6.45, 7) is 4.94. The van der Waals surface area contributed by atoms with Crippen molar-refractivity contribution in [3.8, 4) is 22.4 Å². The van der Waals surface area contributed by atoms with E-state index in [0.29, 0.717) is 32.4 Å². The molecular weight excluding hydrogens is 336 g/mol. The zero-order chi connectivity index (χ0) is 18.6. The van der Waals surface area contributed by atoms with Gasteiger partial charge in [-0.05, 0) is 17.5 Å². The van der Waals surface area contributed by atoms with Gasteiger partial charge < -0.3 is 9.42 Å². The summed E-state index contributed by atoms with van der Waals surface area (Å²) in [5, 5.41) is 4.30. The molecule has 0 unspecified atom stereocenters. The van der Waals surface area contributed by atoms with E-state index in [9.17, 15) is 4.79 Å². The van der Waals surface area contributed by atoms with Crippen molar-refractivity contribution in [2.24, 2.45) is 0 Å². The second-order valence-electron chi connectivity index (χ2n) is 6.77. The summed E-state index contributed by atoms with van der Waals surface area (Å²) in [6, 6.07) is 18.6. The lowest BCUT2D eigenvalue weighted by Crippen LogP contribution is -2.35. The molecule has 0 radical (unpaired) electrons. The first-order valence-electron chi connectivity index (χ1n) is 9.28. The van der Waals surface area contributed by atoms with Gasteiger partial charge in [-0.15, -0.1) is 6.58 Å². The monoisotopic (exact) mass is 358 g/mol. The van der Waals surface area contributed by atoms with Gasteiger partial charge in [0.2, 0.25) is 5.91 Å². The maximum absolute atomic E-state index is 12.4. The van der Waals surface area contributed by atoms with Crippen LogP contribution in [0.15, 0.2) is 71.8 Å². The van der Waals surface area contributed by atoms with E-state index in [2.05, 4.69) is 48.1 Å². The first-order valence-corrected chi connectivity index (χ1v) is 9.28. The third-order valence-electron chi connectivity index (χ3n) is 5.01. The molecule has 1 amide bonds. The third kappa shape index (κ3) is 3.56. The van der Waals surface area contributed by atoms with E-state index >= 15 is 0 Å². The zero-order valence-corrected chi connectivity index (χ0v) is 15.2. The molecular formula is C23H22N2O2. The van der Waals surface area contributed by atoms with E-state index < -0.39 is 0 Å². The summed E-state index contributed by atoms with van der Waals surface area (Å²) >= 11 is 0. The number of amides is 1. The van der Waals surface area contributed by atoms with Crippen LogP contribution in [-0.4, -0.2) is 22.5 Å². The molecule has 2 aromatic carbocycles. The van der Waals surface area contributed by atoms with Crippen LogP contribution in [0.5, 0.6) is 0 Å². The van der Waals surface area contributed by atoms with Crippen LogP contribution >= 0.6 is 0 Å². The van der Waals surface area contributed by atoms with Crippen LogP contribution < -0.4 is 0 Å². The lowest BCUT2D eigenvalue weighted by molar-refractivity contribution is -0.132. The molecule has 2 heterocycles. The van der Waals surface area contributed by atoms with Gasteiger partial charge in [-0.2, -0.15) is 0 Å². The Morgan fingerprint density at radius 2 is 1.78 bits per heavy atom. The Kier molecular flexibility index (Phi) is 4.88. The molecule has 1 aliphatic heterocycles. The second kappa shape index (κ2) is 7.62. The van der Waals surface area contributed by atoms with Gasteiger partial charge in [-0.3, -0.25) is 4.79 Å². The number of carbonyl (C=O) groups excluding carboxylic acids is 1. The molecule has 0 saturated heterocycles. The molecule has 0 spiro atoms. The van der Waals surface area contributed by atoms with Crippen molar-refractivity contribution >= 4 is 5.91 Å². The summed E-state index contributed by atoms with van der Waals surface area (Å²) in [7, 11) is 0. The zero-order valence-electron chi connectivity index (χ0n) is 15.2. The minimum atomic E-state index is 0.159. The standard InChI is InChI=1S/C23H22N2O2/c1-2-3-9-22(26)25-15-14-21-20(16-25)23(24-27-21)19-12-10-18(11-13-19)17-7-5-4-6-8-17/h2,4-8,10-13H,1,3,9,14-16H2. The molecule has 27 heavy (non-hydrogen) atoms. The highest BCUT2D eigenvalue weighted by Gasteiger charge is 2.27. The molecule has 0 aliphatic carbocycles. The fraction of sp³-hybridized carbons (Fsp3) is 0.217. The van der Waals surface area contributed by atoms with E-state index in [-0.39, 0.29) is 5.91 Å². The van der Waals surface area contributed by atoms with Crippen LogP contribution in [0, 0.1) is 0 Å². The Balaban J connectivity index is 1.57. The highest BCUT2D eigenvalue weighted by molar-refractivity contribution is 5.77. The van der Waals surface area contributed by atoms with Gasteiger partial charge in [0.05, 0.1) is 6.54 Å². The average molecular weight is 358 g/mol. The lowest BCUT2D eigenvalue weighted by atomic mass is 9.98. The molecule has 3 aromatic rings. The maximum Gasteiger partial charge on any atom is 0.223 e. The van der Waals surface area contributed by atoms with Crippen LogP contribution in [-0.2, 0) is 17.8 Å². The third-order valence-corrected chi connectivity index (χ3v) is 5.01. The van der Waals surface area contributed by atoms with Crippen LogP contribution in [0.1, 0.15) is 24.2 Å². The molecule has 4 rings (SSSR count). The van der Waals surface area contributed by atoms with Gasteiger partial charge in [0.15, 0.2) is 0 Å². The number of hydrogen-bond donors (Lipinski definition) is 0. The first-order chi connectivity index (χ1) is 13.3. The summed E-state index contributed by atoms with van der Waals surface area (Å²) in [4.78, 5) is 14.3. The molecule has 0 atom stereocenters. The van der Waals surface area contributed by atoms with Crippen molar-refractivity contribution in [1.82, 2.24) is 10.1 Å². The number of nitrogens with zero attached hydrogens (tertiary/aromatic N) is 2. The van der Waals surface area contributed by atoms with Crippen molar-refractivity contribution in [2.45, 2.75) is 25.8 Å². The van der Waals surface area contributed by atoms with E-state index in [1.807, 2.05) is 23.1 Å². The smallest absolute Gasteiger partial charge is 0.223 e. The number of allylic oxidation sites excluding steroid dienone is 1. The van der Waals surface area contributed by atoms with Crippen molar-refractivity contribution in [1.29, 1.82) is 0 Å². The van der Waals surface area contributed by atoms with Crippen molar-refractivity contribution in [3.63, 3.8) is 0 Å². The fourth-order valence-electron chi connectivity index (χ4n) is 3.48. The van der Waals surface area contributed by atoms with Gasteiger partial charge in [0.1, 0.15) is 11.5 Å². The molecule has 4 nitrogen and oxygen atoms in total. The predicted molar refractivity (Wildman–Crippen MR) is 106 cm³/mol. The van der Waals surface area contributed by atoms with E-state index in [1.54, 1.807) is 6.08 Å². The van der Waals surface area contributed by atoms with E-state index in [1.165, 1.54) is 5.56 Å². The number of hydrogen-bond acceptors (Lipinski definition) is 3. The summed E-state index contributed by atoms with van der Waals surface area (Å²) in [5.41, 5.74) is 5.23. The van der Waals surface area contributed by atoms with Crippen molar-refractivity contribution in [3.05, 3.63) is 78.6 Å². The van der Waals surface area contributed by atoms with Crippen molar-refractivity contribution in [2.75, 3.05) is 6.54 Å². The molecule has 1 aromatic heterocycles. The largest absolute Gasteiger partial charge is 0.360 e. The van der Waals surface area contributed by atoms with Gasteiger partial charge in [0, 0.05) is 30.5 Å². The van der Waals surface area contributed by atoms with Gasteiger partial charge in [-0.25, -0.2) is 0 Å². The molecule has 4 heteroatoms. The van der Waals surface area contributed by atoms with Crippen LogP contribution in [0.2, 0.25) is 0 Å². The minimum Gasteiger partial charge on any atom is -0.360 e. The van der Waals surface area contributed by atoms with Crippen molar-refractivity contribution < 1.29 is 9.32 Å². The Bertz CT molecular complexity index is 942. The number of aromatic nitrogens is 1. The Morgan fingerprint density at radius 3 is 2.52 bits per heavy atom. The molecule has 1 aliphatic rings. The summed E-state index contributed by atoms with van der Waals surface area (Å²) < 4.78 is 5.56. The van der Waals surface area contributed by atoms with E-state index in [4.69, 9.17) is 4.52 Å². The molecule has 0 fully saturated rings. The van der Waals surface area contributed by atoms with E-state index in [0.717, 1.165) is 28.1 Å². The van der Waals surface area contributed by atoms with Crippen LogP contribution in [0.3, 0.4) is 0 Å². The topological polar surface area (TPSA) is 46.3 Å². The predicted octanol–water partition coefficient (Wildman–Crippen LogP) is 4.86. The van der Waals surface area contributed by atoms with Gasteiger partial charge >= 0.3 is 0 Å². The lowest BCUT2D eigenvalue weighted by Gasteiger charge is -2.26. The molecule has 136 valence electrons. The molecule has 0 saturated carbocycles. The second-order valence-corrected chi connectivity index (χ2v) is 6.77. The fourth-order valence-corrected chi connectivity index (χ4v) is 3.48. The summed E-state index contributed by atoms with van der Waals surface area (Å²) in [5.74, 6) is 1.05. The quantitative estimate of drug-likeness (QED) is 0.612. The first kappa shape index (κ1) is 17.3. The minimum absolute atomic E-state index is 0.159. The Morgan fingerprint density at radius 1 is 1.07 bits per heavy atom. The maximum atomic E-state index is 12.4. The number of fused-ring (bicyclic) bond motifs is 1. The molecule has 0 N–H and O–H groups in total. The highest BCUT2D eigenvalue weighted by atomic mass is 16.5. The van der Waals surface area contributed by atoms with Gasteiger partial charge in [-0.1, -0.05) is 65.8 Å². The normalized spacial score (nSPS) is 13.3.